The van der Waals surface area contributed by atoms with E-state index in [0.717, 1.165) is 19.1 Å². The normalized spacial score (nSPS) is 46.6. The Hall–Kier alpha value is -0.590. The average Bonchev–Trinajstić information content (AvgIpc) is 2.60. The van der Waals surface area contributed by atoms with E-state index in [1.54, 1.807) is 0 Å². The van der Waals surface area contributed by atoms with Gasteiger partial charge in [0, 0.05) is 5.92 Å². The Bertz CT molecular complexity index is 207. The van der Waals surface area contributed by atoms with E-state index in [0.29, 0.717) is 11.8 Å². The van der Waals surface area contributed by atoms with Crippen LogP contribution in [0, 0.1) is 17.3 Å². The maximum Gasteiger partial charge on any atom is 0.123 e. The van der Waals surface area contributed by atoms with Crippen LogP contribution in [0.3, 0.4) is 0 Å². The average molecular weight is 150 g/mol. The maximum atomic E-state index is 10.7. The van der Waals surface area contributed by atoms with E-state index in [-0.39, 0.29) is 5.41 Å². The van der Waals surface area contributed by atoms with Crippen molar-refractivity contribution in [3.63, 3.8) is 0 Å². The molecule has 60 valence electrons. The summed E-state index contributed by atoms with van der Waals surface area (Å²) < 4.78 is 0. The summed E-state index contributed by atoms with van der Waals surface area (Å²) in [6.45, 7) is 2.19. The third-order valence-electron chi connectivity index (χ3n) is 3.46. The van der Waals surface area contributed by atoms with Crippen molar-refractivity contribution < 1.29 is 4.79 Å². The van der Waals surface area contributed by atoms with Crippen LogP contribution in [-0.4, -0.2) is 6.29 Å². The Morgan fingerprint density at radius 1 is 1.73 bits per heavy atom. The van der Waals surface area contributed by atoms with Gasteiger partial charge in [0.25, 0.3) is 0 Å². The molecule has 2 aliphatic carbocycles. The number of aldehydes is 1. The summed E-state index contributed by atoms with van der Waals surface area (Å²) in [7, 11) is 0. The van der Waals surface area contributed by atoms with Crippen LogP contribution in [0.1, 0.15) is 26.2 Å². The van der Waals surface area contributed by atoms with Gasteiger partial charge in [0.2, 0.25) is 0 Å². The molecule has 3 unspecified atom stereocenters. The predicted molar refractivity (Wildman–Crippen MR) is 44.1 cm³/mol. The topological polar surface area (TPSA) is 17.1 Å². The van der Waals surface area contributed by atoms with Crippen molar-refractivity contribution >= 4 is 6.29 Å². The zero-order valence-electron chi connectivity index (χ0n) is 6.92. The lowest BCUT2D eigenvalue weighted by Gasteiger charge is -2.26. The van der Waals surface area contributed by atoms with E-state index >= 15 is 0 Å². The fourth-order valence-electron chi connectivity index (χ4n) is 2.67. The van der Waals surface area contributed by atoms with Crippen molar-refractivity contribution in [2.45, 2.75) is 26.2 Å². The molecular weight excluding hydrogens is 136 g/mol. The molecule has 11 heavy (non-hydrogen) atoms. The second-order valence-corrected chi connectivity index (χ2v) is 3.89. The largest absolute Gasteiger partial charge is 0.303 e. The molecule has 0 aromatic heterocycles. The smallest absolute Gasteiger partial charge is 0.123 e. The fraction of sp³-hybridized carbons (Fsp3) is 0.700. The van der Waals surface area contributed by atoms with Crippen molar-refractivity contribution in [1.82, 2.24) is 0 Å². The van der Waals surface area contributed by atoms with Gasteiger partial charge in [-0.3, -0.25) is 0 Å². The van der Waals surface area contributed by atoms with Gasteiger partial charge < -0.3 is 4.79 Å². The van der Waals surface area contributed by atoms with Crippen molar-refractivity contribution in [1.29, 1.82) is 0 Å². The fourth-order valence-corrected chi connectivity index (χ4v) is 2.67. The van der Waals surface area contributed by atoms with Gasteiger partial charge >= 0.3 is 0 Å². The zero-order valence-corrected chi connectivity index (χ0v) is 6.92. The number of hydrogen-bond donors (Lipinski definition) is 0. The number of rotatable bonds is 2. The van der Waals surface area contributed by atoms with Gasteiger partial charge in [0.05, 0.1) is 0 Å². The van der Waals surface area contributed by atoms with E-state index in [1.807, 2.05) is 0 Å². The second kappa shape index (κ2) is 2.20. The van der Waals surface area contributed by atoms with Crippen LogP contribution in [-0.2, 0) is 4.79 Å². The number of carbonyl (C=O) groups excluding carboxylic acids is 1. The Balaban J connectivity index is 2.29. The van der Waals surface area contributed by atoms with Crippen molar-refractivity contribution in [2.24, 2.45) is 17.3 Å². The molecule has 1 nitrogen and oxygen atoms in total. The molecule has 0 radical (unpaired) electrons. The van der Waals surface area contributed by atoms with Crippen LogP contribution >= 0.6 is 0 Å². The highest BCUT2D eigenvalue weighted by atomic mass is 16.1. The second-order valence-electron chi connectivity index (χ2n) is 3.89. The van der Waals surface area contributed by atoms with Crippen LogP contribution in [0.4, 0.5) is 0 Å². The van der Waals surface area contributed by atoms with Crippen LogP contribution in [0.25, 0.3) is 0 Å². The molecule has 3 atom stereocenters. The quantitative estimate of drug-likeness (QED) is 0.435. The summed E-state index contributed by atoms with van der Waals surface area (Å²) in [5.74, 6) is 1.03. The highest BCUT2D eigenvalue weighted by molar-refractivity contribution is 5.58. The minimum atomic E-state index is 0.270. The Labute approximate surface area is 67.5 Å². The highest BCUT2D eigenvalue weighted by Gasteiger charge is 2.46. The standard InChI is InChI=1S/C10H14O/c1-2-10-4-3-8(6-10)5-9(10)7-11/h3-4,7-9H,2,5-6H2,1H3. The van der Waals surface area contributed by atoms with E-state index in [9.17, 15) is 4.79 Å². The highest BCUT2D eigenvalue weighted by Crippen LogP contribution is 2.54. The molecular formula is C10H14O. The molecule has 1 heteroatoms. The SMILES string of the molecule is CCC12C=CC(CC1C=O)C2. The van der Waals surface area contributed by atoms with Crippen LogP contribution in [0.5, 0.6) is 0 Å². The first kappa shape index (κ1) is 7.08. The molecule has 0 N–H and O–H groups in total. The minimum absolute atomic E-state index is 0.270. The van der Waals surface area contributed by atoms with Gasteiger partial charge in [-0.25, -0.2) is 0 Å². The molecule has 0 saturated heterocycles. The Morgan fingerprint density at radius 3 is 3.00 bits per heavy atom. The molecule has 0 spiro atoms. The van der Waals surface area contributed by atoms with Gasteiger partial charge in [-0.2, -0.15) is 0 Å². The lowest BCUT2D eigenvalue weighted by Crippen LogP contribution is -2.22. The molecule has 1 saturated carbocycles. The molecule has 0 heterocycles. The van der Waals surface area contributed by atoms with Gasteiger partial charge in [-0.05, 0) is 30.6 Å². The molecule has 1 fully saturated rings. The number of carbonyl (C=O) groups is 1. The number of allylic oxidation sites excluding steroid dienone is 2. The summed E-state index contributed by atoms with van der Waals surface area (Å²) in [6.07, 6.45) is 9.20. The molecule has 0 amide bonds. The Morgan fingerprint density at radius 2 is 2.55 bits per heavy atom. The van der Waals surface area contributed by atoms with Crippen LogP contribution in [0.2, 0.25) is 0 Å². The summed E-state index contributed by atoms with van der Waals surface area (Å²) in [4.78, 5) is 10.7. The van der Waals surface area contributed by atoms with Crippen LogP contribution < -0.4 is 0 Å². The van der Waals surface area contributed by atoms with Crippen molar-refractivity contribution in [3.05, 3.63) is 12.2 Å². The van der Waals surface area contributed by atoms with Gasteiger partial charge in [0.1, 0.15) is 6.29 Å². The minimum Gasteiger partial charge on any atom is -0.303 e. The zero-order chi connectivity index (χ0) is 7.90. The summed E-state index contributed by atoms with van der Waals surface area (Å²) in [5.41, 5.74) is 0.270. The molecule has 0 aromatic carbocycles. The van der Waals surface area contributed by atoms with E-state index in [2.05, 4.69) is 19.1 Å². The summed E-state index contributed by atoms with van der Waals surface area (Å²) >= 11 is 0. The monoisotopic (exact) mass is 150 g/mol. The van der Waals surface area contributed by atoms with Gasteiger partial charge in [-0.15, -0.1) is 0 Å². The third-order valence-corrected chi connectivity index (χ3v) is 3.46. The van der Waals surface area contributed by atoms with Crippen molar-refractivity contribution in [2.75, 3.05) is 0 Å². The van der Waals surface area contributed by atoms with E-state index in [4.69, 9.17) is 0 Å². The molecule has 0 aliphatic heterocycles. The maximum absolute atomic E-state index is 10.7. The summed E-state index contributed by atoms with van der Waals surface area (Å²) in [6, 6.07) is 0. The molecule has 2 rings (SSSR count). The van der Waals surface area contributed by atoms with E-state index < -0.39 is 0 Å². The van der Waals surface area contributed by atoms with Gasteiger partial charge in [0.15, 0.2) is 0 Å². The Kier molecular flexibility index (Phi) is 1.41. The molecule has 2 bridgehead atoms. The molecule has 2 aliphatic rings. The first-order chi connectivity index (χ1) is 5.30. The molecule has 0 aromatic rings. The van der Waals surface area contributed by atoms with Crippen LogP contribution in [0.15, 0.2) is 12.2 Å². The first-order valence-electron chi connectivity index (χ1n) is 4.45. The van der Waals surface area contributed by atoms with Crippen molar-refractivity contribution in [3.8, 4) is 0 Å². The predicted octanol–water partition coefficient (Wildman–Crippen LogP) is 2.18. The number of hydrogen-bond acceptors (Lipinski definition) is 1. The van der Waals surface area contributed by atoms with E-state index in [1.165, 1.54) is 6.42 Å². The van der Waals surface area contributed by atoms with Gasteiger partial charge in [-0.1, -0.05) is 19.1 Å². The first-order valence-corrected chi connectivity index (χ1v) is 4.45. The third kappa shape index (κ3) is 0.800. The lowest BCUT2D eigenvalue weighted by atomic mass is 9.77. The lowest BCUT2D eigenvalue weighted by molar-refractivity contribution is -0.113. The number of fused-ring (bicyclic) bond motifs is 2. The summed E-state index contributed by atoms with van der Waals surface area (Å²) in [5, 5.41) is 0.